The van der Waals surface area contributed by atoms with Crippen LogP contribution in [-0.4, -0.2) is 34.1 Å². The van der Waals surface area contributed by atoms with Crippen LogP contribution in [0.25, 0.3) is 0 Å². The summed E-state index contributed by atoms with van der Waals surface area (Å²) in [4.78, 5) is 26.9. The molecule has 3 N–H and O–H groups in total. The maximum absolute atomic E-state index is 12.0. The molecule has 0 aromatic carbocycles. The standard InChI is InChI=1S/C12H17N3O3S/c1-6(16)13-11-14-7(5-19-11)10(18)15-8-4-9(17)12(8,2)3/h5,8-9,17H,4H2,1-3H3,(H,15,18)(H,13,14,16). The van der Waals surface area contributed by atoms with Gasteiger partial charge in [0.2, 0.25) is 5.91 Å². The minimum absolute atomic E-state index is 0.0547. The lowest BCUT2D eigenvalue weighted by atomic mass is 9.64. The number of hydrogen-bond donors (Lipinski definition) is 3. The Labute approximate surface area is 115 Å². The number of aromatic nitrogens is 1. The molecule has 0 bridgehead atoms. The lowest BCUT2D eigenvalue weighted by Crippen LogP contribution is -2.61. The molecule has 0 spiro atoms. The molecule has 0 aliphatic heterocycles. The zero-order valence-corrected chi connectivity index (χ0v) is 11.9. The highest BCUT2D eigenvalue weighted by Crippen LogP contribution is 2.40. The van der Waals surface area contributed by atoms with Gasteiger partial charge in [-0.1, -0.05) is 13.8 Å². The van der Waals surface area contributed by atoms with Crippen LogP contribution in [-0.2, 0) is 4.79 Å². The van der Waals surface area contributed by atoms with Gasteiger partial charge in [-0.05, 0) is 6.42 Å². The molecule has 2 rings (SSSR count). The molecule has 1 aromatic heterocycles. The van der Waals surface area contributed by atoms with Crippen LogP contribution >= 0.6 is 11.3 Å². The van der Waals surface area contributed by atoms with Crippen molar-refractivity contribution in [2.45, 2.75) is 39.3 Å². The summed E-state index contributed by atoms with van der Waals surface area (Å²) in [6.45, 7) is 5.21. The van der Waals surface area contributed by atoms with Crippen molar-refractivity contribution < 1.29 is 14.7 Å². The summed E-state index contributed by atoms with van der Waals surface area (Å²) in [7, 11) is 0. The van der Waals surface area contributed by atoms with Crippen LogP contribution in [0.15, 0.2) is 5.38 Å². The lowest BCUT2D eigenvalue weighted by Gasteiger charge is -2.49. The smallest absolute Gasteiger partial charge is 0.271 e. The molecule has 1 heterocycles. The van der Waals surface area contributed by atoms with E-state index in [1.807, 2.05) is 13.8 Å². The van der Waals surface area contributed by atoms with Crippen LogP contribution < -0.4 is 10.6 Å². The van der Waals surface area contributed by atoms with E-state index in [1.54, 1.807) is 5.38 Å². The van der Waals surface area contributed by atoms with Crippen molar-refractivity contribution in [1.29, 1.82) is 0 Å². The van der Waals surface area contributed by atoms with Gasteiger partial charge in [-0.3, -0.25) is 9.59 Å². The minimum Gasteiger partial charge on any atom is -0.392 e. The van der Waals surface area contributed by atoms with Crippen molar-refractivity contribution in [3.05, 3.63) is 11.1 Å². The molecule has 2 amide bonds. The predicted molar refractivity (Wildman–Crippen MR) is 72.1 cm³/mol. The molecule has 1 aliphatic rings. The fourth-order valence-corrected chi connectivity index (χ4v) is 2.70. The summed E-state index contributed by atoms with van der Waals surface area (Å²) >= 11 is 1.21. The van der Waals surface area contributed by atoms with Gasteiger partial charge in [0.15, 0.2) is 5.13 Å². The molecule has 0 radical (unpaired) electrons. The van der Waals surface area contributed by atoms with E-state index < -0.39 is 0 Å². The molecule has 1 aromatic rings. The van der Waals surface area contributed by atoms with Crippen molar-refractivity contribution in [2.24, 2.45) is 5.41 Å². The number of aliphatic hydroxyl groups is 1. The van der Waals surface area contributed by atoms with E-state index in [-0.39, 0.29) is 35.1 Å². The van der Waals surface area contributed by atoms with Crippen molar-refractivity contribution in [3.63, 3.8) is 0 Å². The molecule has 2 unspecified atom stereocenters. The monoisotopic (exact) mass is 283 g/mol. The fraction of sp³-hybridized carbons (Fsp3) is 0.583. The normalized spacial score (nSPS) is 24.4. The highest BCUT2D eigenvalue weighted by Gasteiger charge is 2.48. The maximum Gasteiger partial charge on any atom is 0.271 e. The van der Waals surface area contributed by atoms with Crippen LogP contribution in [0, 0.1) is 5.41 Å². The molecule has 104 valence electrons. The lowest BCUT2D eigenvalue weighted by molar-refractivity contribution is -0.114. The Bertz CT molecular complexity index is 512. The Kier molecular flexibility index (Phi) is 3.60. The number of nitrogens with one attached hydrogen (secondary N) is 2. The average molecular weight is 283 g/mol. The van der Waals surface area contributed by atoms with Crippen LogP contribution in [0.5, 0.6) is 0 Å². The Morgan fingerprint density at radius 1 is 1.53 bits per heavy atom. The Morgan fingerprint density at radius 2 is 2.21 bits per heavy atom. The highest BCUT2D eigenvalue weighted by atomic mass is 32.1. The first-order chi connectivity index (χ1) is 8.80. The van der Waals surface area contributed by atoms with Gasteiger partial charge in [0.1, 0.15) is 5.69 Å². The summed E-state index contributed by atoms with van der Waals surface area (Å²) < 4.78 is 0. The molecule has 2 atom stereocenters. The number of carbonyl (C=O) groups excluding carboxylic acids is 2. The molecule has 1 fully saturated rings. The molecule has 7 heteroatoms. The number of carbonyl (C=O) groups is 2. The van der Waals surface area contributed by atoms with Crippen LogP contribution in [0.3, 0.4) is 0 Å². The summed E-state index contributed by atoms with van der Waals surface area (Å²) in [5.41, 5.74) is -0.0301. The maximum atomic E-state index is 12.0. The SMILES string of the molecule is CC(=O)Nc1nc(C(=O)NC2CC(O)C2(C)C)cs1. The van der Waals surface area contributed by atoms with Gasteiger partial charge < -0.3 is 15.7 Å². The fourth-order valence-electron chi connectivity index (χ4n) is 1.97. The third kappa shape index (κ3) is 2.76. The van der Waals surface area contributed by atoms with Crippen molar-refractivity contribution >= 4 is 28.3 Å². The summed E-state index contributed by atoms with van der Waals surface area (Å²) in [5, 5.41) is 17.0. The van der Waals surface area contributed by atoms with E-state index >= 15 is 0 Å². The number of hydrogen-bond acceptors (Lipinski definition) is 5. The summed E-state index contributed by atoms with van der Waals surface area (Å²) in [6, 6.07) is -0.0547. The topological polar surface area (TPSA) is 91.3 Å². The van der Waals surface area contributed by atoms with E-state index in [1.165, 1.54) is 18.3 Å². The number of amides is 2. The highest BCUT2D eigenvalue weighted by molar-refractivity contribution is 7.14. The zero-order valence-electron chi connectivity index (χ0n) is 11.1. The second-order valence-electron chi connectivity index (χ2n) is 5.32. The molecular weight excluding hydrogens is 266 g/mol. The quantitative estimate of drug-likeness (QED) is 0.771. The Balaban J connectivity index is 1.97. The summed E-state index contributed by atoms with van der Waals surface area (Å²) in [5.74, 6) is -0.498. The average Bonchev–Trinajstić information content (AvgIpc) is 2.76. The molecule has 0 saturated heterocycles. The predicted octanol–water partition coefficient (Wildman–Crippen LogP) is 0.991. The van der Waals surface area contributed by atoms with Crippen molar-refractivity contribution in [1.82, 2.24) is 10.3 Å². The van der Waals surface area contributed by atoms with Gasteiger partial charge in [-0.15, -0.1) is 11.3 Å². The molecule has 1 aliphatic carbocycles. The number of aliphatic hydroxyl groups excluding tert-OH is 1. The molecular formula is C12H17N3O3S. The van der Waals surface area contributed by atoms with Crippen molar-refractivity contribution in [3.8, 4) is 0 Å². The van der Waals surface area contributed by atoms with Gasteiger partial charge in [0.25, 0.3) is 5.91 Å². The first-order valence-electron chi connectivity index (χ1n) is 6.02. The third-order valence-corrected chi connectivity index (χ3v) is 4.30. The third-order valence-electron chi connectivity index (χ3n) is 3.54. The first-order valence-corrected chi connectivity index (χ1v) is 6.90. The molecule has 6 nitrogen and oxygen atoms in total. The minimum atomic E-state index is -0.386. The Hall–Kier alpha value is -1.47. The van der Waals surface area contributed by atoms with Crippen LogP contribution in [0.2, 0.25) is 0 Å². The van der Waals surface area contributed by atoms with Gasteiger partial charge in [0, 0.05) is 23.8 Å². The molecule has 1 saturated carbocycles. The van der Waals surface area contributed by atoms with Crippen LogP contribution in [0.1, 0.15) is 37.7 Å². The number of nitrogens with zero attached hydrogens (tertiary/aromatic N) is 1. The Morgan fingerprint density at radius 3 is 2.74 bits per heavy atom. The second-order valence-corrected chi connectivity index (χ2v) is 6.18. The largest absolute Gasteiger partial charge is 0.392 e. The van der Waals surface area contributed by atoms with E-state index in [0.717, 1.165) is 0 Å². The van der Waals surface area contributed by atoms with Crippen molar-refractivity contribution in [2.75, 3.05) is 5.32 Å². The van der Waals surface area contributed by atoms with E-state index in [4.69, 9.17) is 0 Å². The summed E-state index contributed by atoms with van der Waals surface area (Å²) in [6.07, 6.45) is 0.171. The molecule has 19 heavy (non-hydrogen) atoms. The first kappa shape index (κ1) is 14.0. The van der Waals surface area contributed by atoms with Gasteiger partial charge in [-0.25, -0.2) is 4.98 Å². The second kappa shape index (κ2) is 4.90. The number of thiazole rings is 1. The number of anilines is 1. The van der Waals surface area contributed by atoms with Gasteiger partial charge in [-0.2, -0.15) is 0 Å². The van der Waals surface area contributed by atoms with Gasteiger partial charge in [0.05, 0.1) is 6.10 Å². The van der Waals surface area contributed by atoms with Gasteiger partial charge >= 0.3 is 0 Å². The zero-order chi connectivity index (χ0) is 14.2. The van der Waals surface area contributed by atoms with Crippen LogP contribution in [0.4, 0.5) is 5.13 Å². The number of rotatable bonds is 3. The van der Waals surface area contributed by atoms with E-state index in [0.29, 0.717) is 11.6 Å². The van der Waals surface area contributed by atoms with E-state index in [9.17, 15) is 14.7 Å². The van der Waals surface area contributed by atoms with E-state index in [2.05, 4.69) is 15.6 Å².